The predicted molar refractivity (Wildman–Crippen MR) is 111 cm³/mol. The van der Waals surface area contributed by atoms with Crippen LogP contribution >= 0.6 is 11.8 Å². The number of anilines is 1. The van der Waals surface area contributed by atoms with E-state index in [9.17, 15) is 4.79 Å². The number of hydrogen-bond donors (Lipinski definition) is 1. The Bertz CT molecular complexity index is 1000. The Kier molecular flexibility index (Phi) is 6.04. The van der Waals surface area contributed by atoms with Gasteiger partial charge < -0.3 is 14.5 Å². The lowest BCUT2D eigenvalue weighted by Crippen LogP contribution is -2.22. The topological polar surface area (TPSA) is 77.2 Å². The van der Waals surface area contributed by atoms with Crippen LogP contribution in [0.3, 0.4) is 0 Å². The number of methoxy groups -OCH3 is 1. The highest BCUT2D eigenvalue weighted by Crippen LogP contribution is 2.29. The SMILES string of the molecule is COc1ccc(C)cc1NC(=O)[C@@H](C)Sc1nnc(-c2ccc(C)c(C)c2)o1. The fourth-order valence-electron chi connectivity index (χ4n) is 2.61. The summed E-state index contributed by atoms with van der Waals surface area (Å²) >= 11 is 1.22. The van der Waals surface area contributed by atoms with Crippen molar-refractivity contribution in [2.24, 2.45) is 0 Å². The van der Waals surface area contributed by atoms with Gasteiger partial charge in [-0.2, -0.15) is 0 Å². The Labute approximate surface area is 168 Å². The fraction of sp³-hybridized carbons (Fsp3) is 0.286. The average Bonchev–Trinajstić information content (AvgIpc) is 3.12. The van der Waals surface area contributed by atoms with E-state index in [0.717, 1.165) is 16.7 Å². The third-order valence-corrected chi connectivity index (χ3v) is 5.35. The van der Waals surface area contributed by atoms with Crippen molar-refractivity contribution in [3.8, 4) is 17.2 Å². The fourth-order valence-corrected chi connectivity index (χ4v) is 3.29. The Balaban J connectivity index is 1.69. The summed E-state index contributed by atoms with van der Waals surface area (Å²) in [6, 6.07) is 11.6. The summed E-state index contributed by atoms with van der Waals surface area (Å²) in [7, 11) is 1.57. The molecule has 1 heterocycles. The molecule has 0 unspecified atom stereocenters. The summed E-state index contributed by atoms with van der Waals surface area (Å²) in [6.45, 7) is 7.84. The lowest BCUT2D eigenvalue weighted by atomic mass is 10.1. The van der Waals surface area contributed by atoms with Gasteiger partial charge in [-0.3, -0.25) is 4.79 Å². The molecule has 0 aliphatic carbocycles. The van der Waals surface area contributed by atoms with E-state index in [1.807, 2.05) is 50.2 Å². The van der Waals surface area contributed by atoms with Gasteiger partial charge in [0.25, 0.3) is 5.22 Å². The number of carbonyl (C=O) groups excluding carboxylic acids is 1. The zero-order chi connectivity index (χ0) is 20.3. The minimum atomic E-state index is -0.418. The Morgan fingerprint density at radius 1 is 1.11 bits per heavy atom. The Hall–Kier alpha value is -2.80. The number of amides is 1. The zero-order valence-corrected chi connectivity index (χ0v) is 17.4. The molecule has 0 saturated heterocycles. The van der Waals surface area contributed by atoms with Crippen molar-refractivity contribution in [2.75, 3.05) is 12.4 Å². The first kappa shape index (κ1) is 19.9. The molecule has 146 valence electrons. The van der Waals surface area contributed by atoms with Gasteiger partial charge in [-0.15, -0.1) is 10.2 Å². The van der Waals surface area contributed by atoms with E-state index in [1.165, 1.54) is 17.3 Å². The maximum atomic E-state index is 12.6. The minimum absolute atomic E-state index is 0.167. The normalized spacial score (nSPS) is 11.9. The minimum Gasteiger partial charge on any atom is -0.495 e. The summed E-state index contributed by atoms with van der Waals surface area (Å²) in [5.41, 5.74) is 4.90. The van der Waals surface area contributed by atoms with Crippen molar-refractivity contribution in [2.45, 2.75) is 38.2 Å². The summed E-state index contributed by atoms with van der Waals surface area (Å²) in [4.78, 5) is 12.6. The zero-order valence-electron chi connectivity index (χ0n) is 16.6. The van der Waals surface area contributed by atoms with Crippen LogP contribution in [0.4, 0.5) is 5.69 Å². The van der Waals surface area contributed by atoms with Crippen molar-refractivity contribution < 1.29 is 13.9 Å². The number of ether oxygens (including phenoxy) is 1. The molecule has 0 bridgehead atoms. The van der Waals surface area contributed by atoms with Crippen LogP contribution in [0, 0.1) is 20.8 Å². The largest absolute Gasteiger partial charge is 0.495 e. The van der Waals surface area contributed by atoms with Gasteiger partial charge in [-0.1, -0.05) is 23.9 Å². The third kappa shape index (κ3) is 4.54. The van der Waals surface area contributed by atoms with E-state index in [2.05, 4.69) is 22.4 Å². The standard InChI is InChI=1S/C21H23N3O3S/c1-12-6-9-18(26-5)17(10-12)22-19(25)15(4)28-21-24-23-20(27-21)16-8-7-13(2)14(3)11-16/h6-11,15H,1-5H3,(H,22,25)/t15-/m1/s1. The van der Waals surface area contributed by atoms with Crippen LogP contribution in [-0.4, -0.2) is 28.5 Å². The summed E-state index contributed by atoms with van der Waals surface area (Å²) in [5, 5.41) is 11.0. The maximum absolute atomic E-state index is 12.6. The number of aromatic nitrogens is 2. The molecule has 0 aliphatic rings. The van der Waals surface area contributed by atoms with Crippen LogP contribution in [0.25, 0.3) is 11.5 Å². The second kappa shape index (κ2) is 8.48. The molecule has 2 aromatic carbocycles. The van der Waals surface area contributed by atoms with Crippen LogP contribution in [0.1, 0.15) is 23.6 Å². The first-order valence-corrected chi connectivity index (χ1v) is 9.78. The van der Waals surface area contributed by atoms with Crippen LogP contribution in [0.15, 0.2) is 46.0 Å². The van der Waals surface area contributed by atoms with Gasteiger partial charge in [0.2, 0.25) is 11.8 Å². The maximum Gasteiger partial charge on any atom is 0.277 e. The number of benzene rings is 2. The summed E-state index contributed by atoms with van der Waals surface area (Å²) in [5.74, 6) is 0.893. The van der Waals surface area contributed by atoms with Crippen molar-refractivity contribution >= 4 is 23.4 Å². The van der Waals surface area contributed by atoms with Crippen molar-refractivity contribution in [3.63, 3.8) is 0 Å². The second-order valence-corrected chi connectivity index (χ2v) is 7.92. The molecule has 1 N–H and O–H groups in total. The van der Waals surface area contributed by atoms with E-state index in [0.29, 0.717) is 22.6 Å². The van der Waals surface area contributed by atoms with Crippen molar-refractivity contribution in [3.05, 3.63) is 53.1 Å². The lowest BCUT2D eigenvalue weighted by molar-refractivity contribution is -0.115. The van der Waals surface area contributed by atoms with Crippen LogP contribution in [-0.2, 0) is 4.79 Å². The predicted octanol–water partition coefficient (Wildman–Crippen LogP) is 4.79. The number of nitrogens with zero attached hydrogens (tertiary/aromatic N) is 2. The summed E-state index contributed by atoms with van der Waals surface area (Å²) in [6.07, 6.45) is 0. The molecule has 0 spiro atoms. The average molecular weight is 398 g/mol. The van der Waals surface area contributed by atoms with Gasteiger partial charge >= 0.3 is 0 Å². The molecular weight excluding hydrogens is 374 g/mol. The van der Waals surface area contributed by atoms with Gasteiger partial charge in [0.1, 0.15) is 5.75 Å². The Morgan fingerprint density at radius 2 is 1.89 bits per heavy atom. The summed E-state index contributed by atoms with van der Waals surface area (Å²) < 4.78 is 11.0. The smallest absolute Gasteiger partial charge is 0.277 e. The monoisotopic (exact) mass is 397 g/mol. The van der Waals surface area contributed by atoms with E-state index in [1.54, 1.807) is 14.0 Å². The van der Waals surface area contributed by atoms with Gasteiger partial charge in [0.05, 0.1) is 18.0 Å². The molecule has 7 heteroatoms. The van der Waals surface area contributed by atoms with Gasteiger partial charge in [-0.25, -0.2) is 0 Å². The molecule has 1 atom stereocenters. The molecule has 0 radical (unpaired) electrons. The molecular formula is C21H23N3O3S. The molecule has 0 fully saturated rings. The van der Waals surface area contributed by atoms with E-state index in [-0.39, 0.29) is 5.91 Å². The van der Waals surface area contributed by atoms with Gasteiger partial charge in [0, 0.05) is 5.56 Å². The highest BCUT2D eigenvalue weighted by atomic mass is 32.2. The van der Waals surface area contributed by atoms with E-state index in [4.69, 9.17) is 9.15 Å². The number of aryl methyl sites for hydroxylation is 3. The van der Waals surface area contributed by atoms with Crippen molar-refractivity contribution in [1.82, 2.24) is 10.2 Å². The number of thioether (sulfide) groups is 1. The van der Waals surface area contributed by atoms with Crippen LogP contribution < -0.4 is 10.1 Å². The number of carbonyl (C=O) groups is 1. The molecule has 0 aliphatic heterocycles. The molecule has 1 aromatic heterocycles. The second-order valence-electron chi connectivity index (χ2n) is 6.63. The molecule has 0 saturated carbocycles. The highest BCUT2D eigenvalue weighted by Gasteiger charge is 2.20. The molecule has 6 nitrogen and oxygen atoms in total. The first-order chi connectivity index (χ1) is 13.4. The molecule has 1 amide bonds. The highest BCUT2D eigenvalue weighted by molar-refractivity contribution is 8.00. The molecule has 3 rings (SSSR count). The number of rotatable bonds is 6. The third-order valence-electron chi connectivity index (χ3n) is 4.42. The van der Waals surface area contributed by atoms with Crippen LogP contribution in [0.2, 0.25) is 0 Å². The molecule has 28 heavy (non-hydrogen) atoms. The van der Waals surface area contributed by atoms with E-state index >= 15 is 0 Å². The van der Waals surface area contributed by atoms with E-state index < -0.39 is 5.25 Å². The quantitative estimate of drug-likeness (QED) is 0.603. The Morgan fingerprint density at radius 3 is 2.61 bits per heavy atom. The van der Waals surface area contributed by atoms with Crippen LogP contribution in [0.5, 0.6) is 5.75 Å². The van der Waals surface area contributed by atoms with Crippen molar-refractivity contribution in [1.29, 1.82) is 0 Å². The molecule has 3 aromatic rings. The number of nitrogens with one attached hydrogen (secondary N) is 1. The number of hydrogen-bond acceptors (Lipinski definition) is 6. The van der Waals surface area contributed by atoms with Gasteiger partial charge in [-0.05, 0) is 68.7 Å². The first-order valence-electron chi connectivity index (χ1n) is 8.90. The van der Waals surface area contributed by atoms with Gasteiger partial charge in [0.15, 0.2) is 0 Å². The lowest BCUT2D eigenvalue weighted by Gasteiger charge is -2.13.